The molecule has 0 amide bonds. The minimum atomic E-state index is -0.121. The molecule has 2 N–H and O–H groups in total. The van der Waals surface area contributed by atoms with Crippen LogP contribution in [0.5, 0.6) is 0 Å². The molecule has 0 saturated carbocycles. The molecule has 1 aromatic rings. The number of nitrogens with zero attached hydrogens (tertiary/aromatic N) is 3. The third kappa shape index (κ3) is 3.48. The number of rotatable bonds is 4. The number of anilines is 1. The van der Waals surface area contributed by atoms with Gasteiger partial charge in [-0.15, -0.1) is 5.10 Å². The van der Waals surface area contributed by atoms with Crippen LogP contribution in [-0.2, 0) is 11.3 Å². The van der Waals surface area contributed by atoms with Gasteiger partial charge in [-0.05, 0) is 26.7 Å². The third-order valence-electron chi connectivity index (χ3n) is 2.19. The van der Waals surface area contributed by atoms with E-state index in [2.05, 4.69) is 24.2 Å². The highest BCUT2D eigenvalue weighted by Crippen LogP contribution is 2.19. The molecule has 0 bridgehead atoms. The maximum Gasteiger partial charge on any atom is 0.169 e. The molecule has 0 aromatic carbocycles. The van der Waals surface area contributed by atoms with E-state index in [0.29, 0.717) is 24.9 Å². The van der Waals surface area contributed by atoms with Crippen molar-refractivity contribution < 1.29 is 4.74 Å². The highest BCUT2D eigenvalue weighted by Gasteiger charge is 2.15. The zero-order chi connectivity index (χ0) is 12.3. The Morgan fingerprint density at radius 3 is 2.50 bits per heavy atom. The molecule has 16 heavy (non-hydrogen) atoms. The maximum absolute atomic E-state index is 5.76. The lowest BCUT2D eigenvalue weighted by Crippen LogP contribution is -2.23. The number of ether oxygens (including phenoxy) is 1. The van der Waals surface area contributed by atoms with Gasteiger partial charge in [0.1, 0.15) is 0 Å². The fourth-order valence-electron chi connectivity index (χ4n) is 1.53. The number of aromatic nitrogens is 3. The molecule has 0 aliphatic heterocycles. The first-order chi connectivity index (χ1) is 7.31. The number of hydrogen-bond donors (Lipinski definition) is 1. The lowest BCUT2D eigenvalue weighted by Gasteiger charge is -2.19. The molecule has 0 fully saturated rings. The highest BCUT2D eigenvalue weighted by molar-refractivity contribution is 5.34. The molecular weight excluding hydrogens is 204 g/mol. The van der Waals surface area contributed by atoms with E-state index in [1.54, 1.807) is 0 Å². The molecule has 92 valence electrons. The van der Waals surface area contributed by atoms with Gasteiger partial charge in [-0.1, -0.05) is 19.1 Å². The predicted octanol–water partition coefficient (Wildman–Crippen LogP) is 1.80. The Kier molecular flexibility index (Phi) is 3.91. The average Bonchev–Trinajstić information content (AvgIpc) is 2.44. The Labute approximate surface area is 97.0 Å². The molecule has 0 aliphatic carbocycles. The van der Waals surface area contributed by atoms with Crippen LogP contribution in [0.3, 0.4) is 0 Å². The molecule has 0 unspecified atom stereocenters. The van der Waals surface area contributed by atoms with Crippen molar-refractivity contribution >= 4 is 5.82 Å². The second-order valence-corrected chi connectivity index (χ2v) is 5.20. The van der Waals surface area contributed by atoms with Crippen LogP contribution in [0.4, 0.5) is 5.82 Å². The van der Waals surface area contributed by atoms with Crippen LogP contribution in [0, 0.1) is 0 Å². The normalized spacial score (nSPS) is 12.4. The highest BCUT2D eigenvalue weighted by atomic mass is 16.5. The van der Waals surface area contributed by atoms with Gasteiger partial charge in [0.05, 0.1) is 24.4 Å². The minimum Gasteiger partial charge on any atom is -0.381 e. The van der Waals surface area contributed by atoms with Crippen LogP contribution in [0.1, 0.15) is 46.2 Å². The monoisotopic (exact) mass is 226 g/mol. The summed E-state index contributed by atoms with van der Waals surface area (Å²) in [6.07, 6.45) is 0. The van der Waals surface area contributed by atoms with Crippen molar-refractivity contribution in [1.82, 2.24) is 15.0 Å². The summed E-state index contributed by atoms with van der Waals surface area (Å²) < 4.78 is 7.47. The van der Waals surface area contributed by atoms with Crippen LogP contribution in [0.15, 0.2) is 0 Å². The standard InChI is InChI=1S/C11H22N4O/c1-8(2)9-10(12)13-14-15(9)6-7-16-11(3,4)5/h8H,6-7,12H2,1-5H3. The molecule has 0 radical (unpaired) electrons. The van der Waals surface area contributed by atoms with E-state index in [1.807, 2.05) is 25.5 Å². The molecule has 5 heteroatoms. The van der Waals surface area contributed by atoms with Crippen LogP contribution < -0.4 is 5.73 Å². The molecular formula is C11H22N4O. The van der Waals surface area contributed by atoms with Crippen molar-refractivity contribution in [3.8, 4) is 0 Å². The first-order valence-corrected chi connectivity index (χ1v) is 5.64. The van der Waals surface area contributed by atoms with Crippen molar-refractivity contribution in [2.45, 2.75) is 52.7 Å². The van der Waals surface area contributed by atoms with E-state index in [0.717, 1.165) is 5.69 Å². The van der Waals surface area contributed by atoms with Gasteiger partial charge in [0, 0.05) is 0 Å². The molecule has 1 rings (SSSR count). The van der Waals surface area contributed by atoms with Gasteiger partial charge in [-0.25, -0.2) is 4.68 Å². The van der Waals surface area contributed by atoms with Crippen molar-refractivity contribution in [2.24, 2.45) is 0 Å². The quantitative estimate of drug-likeness (QED) is 0.850. The maximum atomic E-state index is 5.76. The largest absolute Gasteiger partial charge is 0.381 e. The van der Waals surface area contributed by atoms with Crippen molar-refractivity contribution in [2.75, 3.05) is 12.3 Å². The molecule has 0 atom stereocenters. The van der Waals surface area contributed by atoms with Gasteiger partial charge in [-0.2, -0.15) is 0 Å². The average molecular weight is 226 g/mol. The predicted molar refractivity (Wildman–Crippen MR) is 64.2 cm³/mol. The van der Waals surface area contributed by atoms with E-state index in [1.165, 1.54) is 0 Å². The van der Waals surface area contributed by atoms with Crippen LogP contribution >= 0.6 is 0 Å². The SMILES string of the molecule is CC(C)c1c(N)nnn1CCOC(C)(C)C. The Balaban J connectivity index is 2.61. The number of nitrogens with two attached hydrogens (primary N) is 1. The second-order valence-electron chi connectivity index (χ2n) is 5.20. The minimum absolute atomic E-state index is 0.121. The summed E-state index contributed by atoms with van der Waals surface area (Å²) in [4.78, 5) is 0. The summed E-state index contributed by atoms with van der Waals surface area (Å²) in [5.74, 6) is 0.843. The molecule has 0 aliphatic rings. The molecule has 1 heterocycles. The number of nitrogen functional groups attached to an aromatic ring is 1. The molecule has 0 spiro atoms. The lowest BCUT2D eigenvalue weighted by molar-refractivity contribution is -0.00835. The van der Waals surface area contributed by atoms with Crippen molar-refractivity contribution in [1.29, 1.82) is 0 Å². The zero-order valence-corrected chi connectivity index (χ0v) is 10.8. The van der Waals surface area contributed by atoms with Gasteiger partial charge < -0.3 is 10.5 Å². The van der Waals surface area contributed by atoms with Crippen molar-refractivity contribution in [3.05, 3.63) is 5.69 Å². The van der Waals surface area contributed by atoms with Gasteiger partial charge in [-0.3, -0.25) is 0 Å². The van der Waals surface area contributed by atoms with E-state index >= 15 is 0 Å². The molecule has 1 aromatic heterocycles. The van der Waals surface area contributed by atoms with Crippen LogP contribution in [-0.4, -0.2) is 27.2 Å². The number of hydrogen-bond acceptors (Lipinski definition) is 4. The summed E-state index contributed by atoms with van der Waals surface area (Å²) >= 11 is 0. The summed E-state index contributed by atoms with van der Waals surface area (Å²) in [5, 5.41) is 7.91. The second kappa shape index (κ2) is 4.82. The van der Waals surface area contributed by atoms with Crippen LogP contribution in [0.2, 0.25) is 0 Å². The van der Waals surface area contributed by atoms with E-state index < -0.39 is 0 Å². The fraction of sp³-hybridized carbons (Fsp3) is 0.818. The first kappa shape index (κ1) is 13.0. The Bertz CT molecular complexity index is 338. The summed E-state index contributed by atoms with van der Waals surface area (Å²) in [7, 11) is 0. The Hall–Kier alpha value is -1.10. The molecule has 5 nitrogen and oxygen atoms in total. The van der Waals surface area contributed by atoms with E-state index in [-0.39, 0.29) is 5.60 Å². The van der Waals surface area contributed by atoms with E-state index in [4.69, 9.17) is 10.5 Å². The topological polar surface area (TPSA) is 66.0 Å². The van der Waals surface area contributed by atoms with E-state index in [9.17, 15) is 0 Å². The van der Waals surface area contributed by atoms with Gasteiger partial charge >= 0.3 is 0 Å². The lowest BCUT2D eigenvalue weighted by atomic mass is 10.1. The summed E-state index contributed by atoms with van der Waals surface area (Å²) in [6, 6.07) is 0. The fourth-order valence-corrected chi connectivity index (χ4v) is 1.53. The third-order valence-corrected chi connectivity index (χ3v) is 2.19. The Morgan fingerprint density at radius 1 is 1.38 bits per heavy atom. The summed E-state index contributed by atoms with van der Waals surface area (Å²) in [5.41, 5.74) is 6.63. The van der Waals surface area contributed by atoms with Gasteiger partial charge in [0.2, 0.25) is 0 Å². The zero-order valence-electron chi connectivity index (χ0n) is 10.8. The van der Waals surface area contributed by atoms with Gasteiger partial charge in [0.15, 0.2) is 5.82 Å². The molecule has 0 saturated heterocycles. The smallest absolute Gasteiger partial charge is 0.169 e. The summed E-state index contributed by atoms with van der Waals surface area (Å²) in [6.45, 7) is 11.6. The van der Waals surface area contributed by atoms with Crippen LogP contribution in [0.25, 0.3) is 0 Å². The van der Waals surface area contributed by atoms with Gasteiger partial charge in [0.25, 0.3) is 0 Å². The first-order valence-electron chi connectivity index (χ1n) is 5.64. The van der Waals surface area contributed by atoms with Crippen molar-refractivity contribution in [3.63, 3.8) is 0 Å². The Morgan fingerprint density at radius 2 is 2.00 bits per heavy atom.